The zero-order chi connectivity index (χ0) is 14.0. The average molecular weight is 332 g/mol. The first-order valence-electron chi connectivity index (χ1n) is 5.92. The summed E-state index contributed by atoms with van der Waals surface area (Å²) < 4.78 is 11.6. The number of nitro groups is 1. The summed E-state index contributed by atoms with van der Waals surface area (Å²) in [5.41, 5.74) is -0.0443. The molecule has 7 heteroatoms. The molecule has 1 saturated carbocycles. The van der Waals surface area contributed by atoms with Gasteiger partial charge in [0, 0.05) is 23.6 Å². The van der Waals surface area contributed by atoms with E-state index in [1.54, 1.807) is 6.07 Å². The molecule has 0 aromatic heterocycles. The van der Waals surface area contributed by atoms with Gasteiger partial charge >= 0.3 is 0 Å². The first-order chi connectivity index (χ1) is 9.01. The van der Waals surface area contributed by atoms with Crippen LogP contribution in [0.5, 0.6) is 5.75 Å². The molecule has 1 aromatic carbocycles. The number of rotatable bonds is 5. The standard InChI is InChI=1S/C12H14BrNO5/c1-2-18-12-10(15)6-11(12)19-9-4-7(13)3-8(5-9)14(16)17/h3-5,10-12,15H,2,6H2,1H3. The van der Waals surface area contributed by atoms with Crippen molar-refractivity contribution >= 4 is 21.6 Å². The SMILES string of the molecule is CCOC1C(O)CC1Oc1cc(Br)cc([N+](=O)[O-])c1. The van der Waals surface area contributed by atoms with Crippen LogP contribution in [0.1, 0.15) is 13.3 Å². The van der Waals surface area contributed by atoms with Crippen molar-refractivity contribution in [2.24, 2.45) is 0 Å². The summed E-state index contributed by atoms with van der Waals surface area (Å²) in [5, 5.41) is 20.3. The Morgan fingerprint density at radius 3 is 2.84 bits per heavy atom. The minimum atomic E-state index is -0.535. The third-order valence-electron chi connectivity index (χ3n) is 2.93. The number of hydrogen-bond donors (Lipinski definition) is 1. The molecule has 3 unspecified atom stereocenters. The molecule has 0 amide bonds. The fourth-order valence-electron chi connectivity index (χ4n) is 1.98. The lowest BCUT2D eigenvalue weighted by Crippen LogP contribution is -2.55. The molecule has 6 nitrogen and oxygen atoms in total. The predicted octanol–water partition coefficient (Wildman–Crippen LogP) is 2.27. The highest BCUT2D eigenvalue weighted by Crippen LogP contribution is 2.32. The van der Waals surface area contributed by atoms with Gasteiger partial charge in [-0.05, 0) is 13.0 Å². The fourth-order valence-corrected chi connectivity index (χ4v) is 2.44. The van der Waals surface area contributed by atoms with Crippen LogP contribution in [0, 0.1) is 10.1 Å². The summed E-state index contributed by atoms with van der Waals surface area (Å²) in [4.78, 5) is 10.3. The Labute approximate surface area is 118 Å². The highest BCUT2D eigenvalue weighted by Gasteiger charge is 2.42. The van der Waals surface area contributed by atoms with Crippen LogP contribution in [0.15, 0.2) is 22.7 Å². The zero-order valence-electron chi connectivity index (χ0n) is 10.3. The van der Waals surface area contributed by atoms with Gasteiger partial charge in [-0.15, -0.1) is 0 Å². The molecule has 0 heterocycles. The van der Waals surface area contributed by atoms with Crippen LogP contribution in [-0.4, -0.2) is 34.9 Å². The minimum Gasteiger partial charge on any atom is -0.487 e. The molecule has 104 valence electrons. The second-order valence-electron chi connectivity index (χ2n) is 4.28. The molecule has 1 fully saturated rings. The van der Waals surface area contributed by atoms with Gasteiger partial charge in [-0.25, -0.2) is 0 Å². The number of hydrogen-bond acceptors (Lipinski definition) is 5. The van der Waals surface area contributed by atoms with Gasteiger partial charge in [0.25, 0.3) is 5.69 Å². The summed E-state index contributed by atoms with van der Waals surface area (Å²) in [6.45, 7) is 2.33. The highest BCUT2D eigenvalue weighted by molar-refractivity contribution is 9.10. The average Bonchev–Trinajstić information content (AvgIpc) is 2.35. The predicted molar refractivity (Wildman–Crippen MR) is 71.3 cm³/mol. The van der Waals surface area contributed by atoms with E-state index in [-0.39, 0.29) is 17.9 Å². The highest BCUT2D eigenvalue weighted by atomic mass is 79.9. The molecule has 0 aliphatic heterocycles. The molecule has 0 radical (unpaired) electrons. The maximum absolute atomic E-state index is 10.8. The third-order valence-corrected chi connectivity index (χ3v) is 3.39. The van der Waals surface area contributed by atoms with E-state index < -0.39 is 11.0 Å². The van der Waals surface area contributed by atoms with Crippen molar-refractivity contribution < 1.29 is 19.5 Å². The molecular weight excluding hydrogens is 318 g/mol. The lowest BCUT2D eigenvalue weighted by molar-refractivity contribution is -0.385. The van der Waals surface area contributed by atoms with E-state index in [0.29, 0.717) is 23.2 Å². The first-order valence-corrected chi connectivity index (χ1v) is 6.72. The monoisotopic (exact) mass is 331 g/mol. The molecule has 1 N–H and O–H groups in total. The van der Waals surface area contributed by atoms with Crippen molar-refractivity contribution in [1.29, 1.82) is 0 Å². The lowest BCUT2D eigenvalue weighted by atomic mass is 9.88. The Hall–Kier alpha value is -1.18. The van der Waals surface area contributed by atoms with Crippen LogP contribution >= 0.6 is 15.9 Å². The number of aliphatic hydroxyl groups excluding tert-OH is 1. The molecule has 0 bridgehead atoms. The van der Waals surface area contributed by atoms with Gasteiger partial charge in [0.1, 0.15) is 18.0 Å². The Kier molecular flexibility index (Phi) is 4.38. The molecular formula is C12H14BrNO5. The van der Waals surface area contributed by atoms with Gasteiger partial charge in [0.05, 0.1) is 17.1 Å². The Bertz CT molecular complexity index is 481. The van der Waals surface area contributed by atoms with Gasteiger partial charge in [0.2, 0.25) is 0 Å². The van der Waals surface area contributed by atoms with Gasteiger partial charge in [-0.1, -0.05) is 15.9 Å². The normalized spacial score (nSPS) is 25.7. The van der Waals surface area contributed by atoms with Crippen LogP contribution in [0.2, 0.25) is 0 Å². The summed E-state index contributed by atoms with van der Waals surface area (Å²) in [7, 11) is 0. The van der Waals surface area contributed by atoms with Crippen molar-refractivity contribution in [3.8, 4) is 5.75 Å². The summed E-state index contributed by atoms with van der Waals surface area (Å²) in [6.07, 6.45) is -0.718. The maximum atomic E-state index is 10.8. The van der Waals surface area contributed by atoms with Crippen molar-refractivity contribution in [1.82, 2.24) is 0 Å². The van der Waals surface area contributed by atoms with Gasteiger partial charge in [-0.2, -0.15) is 0 Å². The van der Waals surface area contributed by atoms with Crippen molar-refractivity contribution in [3.05, 3.63) is 32.8 Å². The Balaban J connectivity index is 2.09. The molecule has 1 aliphatic rings. The minimum absolute atomic E-state index is 0.0443. The van der Waals surface area contributed by atoms with E-state index in [4.69, 9.17) is 9.47 Å². The van der Waals surface area contributed by atoms with Gasteiger partial charge in [0.15, 0.2) is 0 Å². The number of nitrogens with zero attached hydrogens (tertiary/aromatic N) is 1. The maximum Gasteiger partial charge on any atom is 0.274 e. The van der Waals surface area contributed by atoms with Crippen LogP contribution in [0.3, 0.4) is 0 Å². The number of non-ortho nitro benzene ring substituents is 1. The molecule has 0 saturated heterocycles. The molecule has 19 heavy (non-hydrogen) atoms. The van der Waals surface area contributed by atoms with Crippen molar-refractivity contribution in [2.45, 2.75) is 31.7 Å². The second-order valence-corrected chi connectivity index (χ2v) is 5.20. The largest absolute Gasteiger partial charge is 0.487 e. The summed E-state index contributed by atoms with van der Waals surface area (Å²) in [5.74, 6) is 0.391. The smallest absolute Gasteiger partial charge is 0.274 e. The van der Waals surface area contributed by atoms with Crippen molar-refractivity contribution in [3.63, 3.8) is 0 Å². The van der Waals surface area contributed by atoms with E-state index in [1.807, 2.05) is 6.92 Å². The molecule has 1 aromatic rings. The fraction of sp³-hybridized carbons (Fsp3) is 0.500. The first kappa shape index (κ1) is 14.2. The van der Waals surface area contributed by atoms with E-state index in [9.17, 15) is 15.2 Å². The zero-order valence-corrected chi connectivity index (χ0v) is 11.9. The van der Waals surface area contributed by atoms with E-state index in [1.165, 1.54) is 12.1 Å². The number of halogens is 1. The van der Waals surface area contributed by atoms with E-state index in [0.717, 1.165) is 0 Å². The van der Waals surface area contributed by atoms with Crippen LogP contribution in [0.25, 0.3) is 0 Å². The number of benzene rings is 1. The Morgan fingerprint density at radius 2 is 2.26 bits per heavy atom. The van der Waals surface area contributed by atoms with E-state index in [2.05, 4.69) is 15.9 Å². The van der Waals surface area contributed by atoms with Crippen LogP contribution < -0.4 is 4.74 Å². The number of ether oxygens (including phenoxy) is 2. The van der Waals surface area contributed by atoms with E-state index >= 15 is 0 Å². The summed E-state index contributed by atoms with van der Waals surface area (Å²) >= 11 is 3.20. The Morgan fingerprint density at radius 1 is 1.53 bits per heavy atom. The quantitative estimate of drug-likeness (QED) is 0.661. The lowest BCUT2D eigenvalue weighted by Gasteiger charge is -2.40. The number of aliphatic hydroxyl groups is 1. The molecule has 1 aliphatic carbocycles. The van der Waals surface area contributed by atoms with Crippen molar-refractivity contribution in [2.75, 3.05) is 6.61 Å². The molecule has 0 spiro atoms. The number of nitro benzene ring substituents is 1. The van der Waals surface area contributed by atoms with Gasteiger partial charge < -0.3 is 14.6 Å². The summed E-state index contributed by atoms with van der Waals surface area (Å²) in [6, 6.07) is 4.42. The van der Waals surface area contributed by atoms with Crippen LogP contribution in [0.4, 0.5) is 5.69 Å². The third kappa shape index (κ3) is 3.23. The van der Waals surface area contributed by atoms with Crippen LogP contribution in [-0.2, 0) is 4.74 Å². The second kappa shape index (κ2) is 5.85. The van der Waals surface area contributed by atoms with Gasteiger partial charge in [-0.3, -0.25) is 10.1 Å². The molecule has 3 atom stereocenters. The molecule has 2 rings (SSSR count). The topological polar surface area (TPSA) is 81.8 Å².